The largest absolute Gasteiger partial charge is 0.327 e. The van der Waals surface area contributed by atoms with Gasteiger partial charge in [0.05, 0.1) is 27.2 Å². The van der Waals surface area contributed by atoms with Crippen LogP contribution >= 0.6 is 22.9 Å². The first-order valence-electron chi connectivity index (χ1n) is 9.46. The van der Waals surface area contributed by atoms with Gasteiger partial charge in [-0.25, -0.2) is 13.5 Å². The van der Waals surface area contributed by atoms with Gasteiger partial charge in [0.1, 0.15) is 16.9 Å². The van der Waals surface area contributed by atoms with Crippen LogP contribution in [0.5, 0.6) is 0 Å². The number of rotatable bonds is 4. The summed E-state index contributed by atoms with van der Waals surface area (Å²) in [6, 6.07) is 4.93. The number of carbonyl (C=O) groups is 1. The molecule has 0 aliphatic rings. The molecule has 12 heteroatoms. The minimum atomic E-state index is -0.871. The van der Waals surface area contributed by atoms with Crippen molar-refractivity contribution >= 4 is 45.4 Å². The van der Waals surface area contributed by atoms with E-state index in [1.165, 1.54) is 18.5 Å². The quantitative estimate of drug-likeness (QED) is 0.394. The number of hydrogen-bond acceptors (Lipinski definition) is 5. The Kier molecular flexibility index (Phi) is 5.06. The van der Waals surface area contributed by atoms with Crippen LogP contribution in [0.2, 0.25) is 5.02 Å². The van der Waals surface area contributed by atoms with E-state index in [1.807, 2.05) is 0 Å². The Balaban J connectivity index is 1.65. The summed E-state index contributed by atoms with van der Waals surface area (Å²) in [4.78, 5) is 28.1. The van der Waals surface area contributed by atoms with Gasteiger partial charge in [0.2, 0.25) is 0 Å². The molecule has 33 heavy (non-hydrogen) atoms. The zero-order valence-electron chi connectivity index (χ0n) is 16.8. The van der Waals surface area contributed by atoms with Gasteiger partial charge in [-0.15, -0.1) is 11.3 Å². The van der Waals surface area contributed by atoms with E-state index in [4.69, 9.17) is 11.6 Å². The molecule has 0 unspecified atom stereocenters. The monoisotopic (exact) mass is 486 g/mol. The average Bonchev–Trinajstić information content (AvgIpc) is 3.49. The van der Waals surface area contributed by atoms with Crippen LogP contribution in [0.15, 0.2) is 53.0 Å². The molecular weight excluding hydrogens is 474 g/mol. The molecule has 0 atom stereocenters. The molecule has 0 saturated heterocycles. The summed E-state index contributed by atoms with van der Waals surface area (Å²) in [7, 11) is 1.72. The molecule has 4 aromatic heterocycles. The first-order valence-corrected chi connectivity index (χ1v) is 10.7. The Bertz CT molecular complexity index is 1580. The zero-order chi connectivity index (χ0) is 23.3. The summed E-state index contributed by atoms with van der Waals surface area (Å²) < 4.78 is 31.6. The van der Waals surface area contributed by atoms with E-state index in [0.29, 0.717) is 16.1 Å². The molecule has 0 spiro atoms. The van der Waals surface area contributed by atoms with Crippen LogP contribution in [0.25, 0.3) is 27.8 Å². The number of halogens is 3. The van der Waals surface area contributed by atoms with Crippen molar-refractivity contribution in [3.8, 4) is 16.9 Å². The molecule has 0 aliphatic heterocycles. The van der Waals surface area contributed by atoms with Crippen molar-refractivity contribution in [2.45, 2.75) is 0 Å². The molecule has 0 saturated carbocycles. The third-order valence-corrected chi connectivity index (χ3v) is 6.09. The van der Waals surface area contributed by atoms with Gasteiger partial charge >= 0.3 is 0 Å². The minimum Gasteiger partial charge on any atom is -0.327 e. The number of amides is 1. The van der Waals surface area contributed by atoms with E-state index >= 15 is 0 Å². The highest BCUT2D eigenvalue weighted by Crippen LogP contribution is 2.34. The van der Waals surface area contributed by atoms with Gasteiger partial charge in [0.15, 0.2) is 11.6 Å². The Morgan fingerprint density at radius 1 is 1.27 bits per heavy atom. The van der Waals surface area contributed by atoms with Crippen LogP contribution in [-0.2, 0) is 7.05 Å². The summed E-state index contributed by atoms with van der Waals surface area (Å²) in [5.41, 5.74) is 0.112. The predicted molar refractivity (Wildman–Crippen MR) is 121 cm³/mol. The maximum Gasteiger partial charge on any atom is 0.265 e. The summed E-state index contributed by atoms with van der Waals surface area (Å²) in [5, 5.41) is 12.8. The van der Waals surface area contributed by atoms with Crippen molar-refractivity contribution < 1.29 is 13.6 Å². The lowest BCUT2D eigenvalue weighted by Gasteiger charge is -2.06. The normalized spacial score (nSPS) is 11.3. The number of thiophene rings is 1. The van der Waals surface area contributed by atoms with Gasteiger partial charge in [-0.3, -0.25) is 14.3 Å². The number of pyridine rings is 1. The van der Waals surface area contributed by atoms with E-state index in [1.54, 1.807) is 29.4 Å². The molecule has 166 valence electrons. The molecular formula is C21H13ClF2N6O2S. The lowest BCUT2D eigenvalue weighted by molar-refractivity contribution is 0.103. The second kappa shape index (κ2) is 7.94. The molecule has 0 fully saturated rings. The highest BCUT2D eigenvalue weighted by molar-refractivity contribution is 7.12. The van der Waals surface area contributed by atoms with Gasteiger partial charge in [-0.2, -0.15) is 10.2 Å². The van der Waals surface area contributed by atoms with Crippen molar-refractivity contribution in [1.82, 2.24) is 24.5 Å². The fourth-order valence-electron chi connectivity index (χ4n) is 3.44. The number of nitrogens with one attached hydrogen (secondary N) is 2. The highest BCUT2D eigenvalue weighted by Gasteiger charge is 2.24. The van der Waals surface area contributed by atoms with Gasteiger partial charge in [-0.1, -0.05) is 17.7 Å². The summed E-state index contributed by atoms with van der Waals surface area (Å²) in [5.74, 6) is -2.12. The van der Waals surface area contributed by atoms with Crippen molar-refractivity contribution in [3.63, 3.8) is 0 Å². The fraction of sp³-hybridized carbons (Fsp3) is 0.0476. The standard InChI is InChI=1S/C21H13ClF2N6O2S/c1-29-8-11(6-26-29)27-20(31)15-5-10(9-33-15)17-16-18(12(22)7-25-21(16)32)30(28-17)19-13(23)3-2-4-14(19)24/h2-9H,1H3,(H,25,32)(H,27,31). The molecule has 5 rings (SSSR count). The first-order chi connectivity index (χ1) is 15.8. The van der Waals surface area contributed by atoms with Crippen LogP contribution in [0, 0.1) is 11.6 Å². The van der Waals surface area contributed by atoms with Gasteiger partial charge < -0.3 is 10.3 Å². The molecule has 0 bridgehead atoms. The van der Waals surface area contributed by atoms with E-state index in [2.05, 4.69) is 20.5 Å². The van der Waals surface area contributed by atoms with Crippen LogP contribution in [0.4, 0.5) is 14.5 Å². The van der Waals surface area contributed by atoms with E-state index in [0.717, 1.165) is 28.2 Å². The van der Waals surface area contributed by atoms with Crippen LogP contribution in [-0.4, -0.2) is 30.5 Å². The van der Waals surface area contributed by atoms with Crippen LogP contribution in [0.1, 0.15) is 9.67 Å². The molecule has 1 amide bonds. The number of nitrogens with zero attached hydrogens (tertiary/aromatic N) is 4. The van der Waals surface area contributed by atoms with Crippen molar-refractivity contribution in [2.24, 2.45) is 7.05 Å². The van der Waals surface area contributed by atoms with E-state index in [-0.39, 0.29) is 27.5 Å². The predicted octanol–water partition coefficient (Wildman–Crippen LogP) is 4.36. The molecule has 2 N–H and O–H groups in total. The van der Waals surface area contributed by atoms with Crippen molar-refractivity contribution in [2.75, 3.05) is 5.32 Å². The van der Waals surface area contributed by atoms with Gasteiger partial charge in [0.25, 0.3) is 11.5 Å². The number of para-hydroxylation sites is 1. The van der Waals surface area contributed by atoms with Crippen molar-refractivity contribution in [1.29, 1.82) is 0 Å². The summed E-state index contributed by atoms with van der Waals surface area (Å²) in [6.07, 6.45) is 4.38. The van der Waals surface area contributed by atoms with Crippen LogP contribution in [0.3, 0.4) is 0 Å². The summed E-state index contributed by atoms with van der Waals surface area (Å²) in [6.45, 7) is 0. The van der Waals surface area contributed by atoms with E-state index in [9.17, 15) is 18.4 Å². The number of hydrogen-bond donors (Lipinski definition) is 2. The number of H-pyrrole nitrogens is 1. The molecule has 1 aromatic carbocycles. The summed E-state index contributed by atoms with van der Waals surface area (Å²) >= 11 is 7.42. The number of fused-ring (bicyclic) bond motifs is 1. The minimum absolute atomic E-state index is 0.0437. The number of aromatic nitrogens is 5. The number of aryl methyl sites for hydroxylation is 1. The molecule has 8 nitrogen and oxygen atoms in total. The first kappa shape index (κ1) is 21.0. The SMILES string of the molecule is Cn1cc(NC(=O)c2cc(-c3nn(-c4c(F)cccc4F)c4c(Cl)c[nH]c(=O)c34)cs2)cn1. The number of anilines is 1. The number of benzene rings is 1. The maximum absolute atomic E-state index is 14.5. The Hall–Kier alpha value is -3.83. The molecule has 0 radical (unpaired) electrons. The van der Waals surface area contributed by atoms with Crippen LogP contribution < -0.4 is 10.9 Å². The van der Waals surface area contributed by atoms with E-state index < -0.39 is 22.9 Å². The smallest absolute Gasteiger partial charge is 0.265 e. The van der Waals surface area contributed by atoms with Gasteiger partial charge in [0, 0.05) is 30.4 Å². The van der Waals surface area contributed by atoms with Crippen molar-refractivity contribution in [3.05, 3.63) is 80.1 Å². The topological polar surface area (TPSA) is 97.6 Å². The maximum atomic E-state index is 14.5. The third kappa shape index (κ3) is 3.60. The zero-order valence-corrected chi connectivity index (χ0v) is 18.3. The highest BCUT2D eigenvalue weighted by atomic mass is 35.5. The Morgan fingerprint density at radius 3 is 2.73 bits per heavy atom. The average molecular weight is 487 g/mol. The lowest BCUT2D eigenvalue weighted by atomic mass is 10.1. The number of aromatic amines is 1. The molecule has 4 heterocycles. The molecule has 5 aromatic rings. The Morgan fingerprint density at radius 2 is 2.03 bits per heavy atom. The number of carbonyl (C=O) groups excluding carboxylic acids is 1. The second-order valence-corrected chi connectivity index (χ2v) is 8.39. The third-order valence-electron chi connectivity index (χ3n) is 4.88. The Labute approximate surface area is 193 Å². The second-order valence-electron chi connectivity index (χ2n) is 7.08. The van der Waals surface area contributed by atoms with Gasteiger partial charge in [-0.05, 0) is 18.2 Å². The lowest BCUT2D eigenvalue weighted by Crippen LogP contribution is -2.09. The fourth-order valence-corrected chi connectivity index (χ4v) is 4.45. The molecule has 0 aliphatic carbocycles.